The van der Waals surface area contributed by atoms with Crippen LogP contribution in [0.1, 0.15) is 38.5 Å². The molecule has 1 aliphatic heterocycles. The van der Waals surface area contributed by atoms with Crippen molar-refractivity contribution in [1.29, 1.82) is 0 Å². The maximum atomic E-state index is 12.1. The van der Waals surface area contributed by atoms with Crippen molar-refractivity contribution in [3.8, 4) is 0 Å². The summed E-state index contributed by atoms with van der Waals surface area (Å²) in [4.78, 5) is 12.1. The third-order valence-electron chi connectivity index (χ3n) is 4.25. The molecule has 0 aromatic rings. The first-order chi connectivity index (χ1) is 7.84. The molecule has 3 fully saturated rings. The molecule has 3 nitrogen and oxygen atoms in total. The topological polar surface area (TPSA) is 41.1 Å². The van der Waals surface area contributed by atoms with Gasteiger partial charge in [-0.3, -0.25) is 4.79 Å². The Kier molecular flexibility index (Phi) is 2.88. The molecule has 2 aliphatic carbocycles. The van der Waals surface area contributed by atoms with Crippen molar-refractivity contribution in [3.05, 3.63) is 0 Å². The van der Waals surface area contributed by atoms with E-state index < -0.39 is 0 Å². The van der Waals surface area contributed by atoms with E-state index in [-0.39, 0.29) is 0 Å². The summed E-state index contributed by atoms with van der Waals surface area (Å²) < 4.78 is 0. The molecule has 0 radical (unpaired) electrons. The maximum absolute atomic E-state index is 12.1. The van der Waals surface area contributed by atoms with E-state index in [1.54, 1.807) is 0 Å². The highest BCUT2D eigenvalue weighted by Gasteiger charge is 2.45. The van der Waals surface area contributed by atoms with Gasteiger partial charge in [-0.05, 0) is 56.9 Å². The van der Waals surface area contributed by atoms with Gasteiger partial charge in [-0.1, -0.05) is 0 Å². The van der Waals surface area contributed by atoms with E-state index in [0.717, 1.165) is 24.9 Å². The second-order valence-corrected chi connectivity index (χ2v) is 5.74. The van der Waals surface area contributed by atoms with E-state index in [0.29, 0.717) is 17.9 Å². The molecular weight excluding hydrogens is 200 g/mol. The second-order valence-electron chi connectivity index (χ2n) is 5.74. The van der Waals surface area contributed by atoms with Gasteiger partial charge in [-0.2, -0.15) is 0 Å². The van der Waals surface area contributed by atoms with Gasteiger partial charge < -0.3 is 10.6 Å². The standard InChI is InChI=1S/C13H22N2O/c16-13(15-8-11-2-1-7-14-11)12(9-3-4-9)10-5-6-10/h9-12,14H,1-8H2,(H,15,16). The molecular formula is C13H22N2O. The van der Waals surface area contributed by atoms with Crippen LogP contribution in [0.2, 0.25) is 0 Å². The quantitative estimate of drug-likeness (QED) is 0.736. The Hall–Kier alpha value is -0.570. The van der Waals surface area contributed by atoms with E-state index in [9.17, 15) is 4.79 Å². The van der Waals surface area contributed by atoms with Crippen LogP contribution in [-0.2, 0) is 4.79 Å². The van der Waals surface area contributed by atoms with Crippen LogP contribution in [0.15, 0.2) is 0 Å². The Morgan fingerprint density at radius 1 is 1.19 bits per heavy atom. The molecule has 90 valence electrons. The largest absolute Gasteiger partial charge is 0.354 e. The minimum atomic E-state index is 0.346. The third-order valence-corrected chi connectivity index (χ3v) is 4.25. The first kappa shape index (κ1) is 10.6. The molecule has 2 N–H and O–H groups in total. The molecule has 0 aromatic heterocycles. The molecule has 3 rings (SSSR count). The lowest BCUT2D eigenvalue weighted by atomic mass is 9.97. The van der Waals surface area contributed by atoms with E-state index in [4.69, 9.17) is 0 Å². The molecule has 1 atom stereocenters. The minimum Gasteiger partial charge on any atom is -0.354 e. The van der Waals surface area contributed by atoms with E-state index in [2.05, 4.69) is 10.6 Å². The average molecular weight is 222 g/mol. The van der Waals surface area contributed by atoms with Crippen LogP contribution in [0.25, 0.3) is 0 Å². The Morgan fingerprint density at radius 3 is 2.38 bits per heavy atom. The van der Waals surface area contributed by atoms with Gasteiger partial charge in [0.25, 0.3) is 0 Å². The summed E-state index contributed by atoms with van der Waals surface area (Å²) in [6.45, 7) is 1.96. The number of rotatable bonds is 5. The summed E-state index contributed by atoms with van der Waals surface area (Å²) in [6, 6.07) is 0.531. The highest BCUT2D eigenvalue weighted by Crippen LogP contribution is 2.49. The van der Waals surface area contributed by atoms with Gasteiger partial charge in [0.05, 0.1) is 0 Å². The van der Waals surface area contributed by atoms with Crippen LogP contribution < -0.4 is 10.6 Å². The molecule has 0 spiro atoms. The Labute approximate surface area is 97.4 Å². The first-order valence-electron chi connectivity index (χ1n) is 6.85. The molecule has 1 heterocycles. The lowest BCUT2D eigenvalue weighted by molar-refractivity contribution is -0.126. The number of amides is 1. The van der Waals surface area contributed by atoms with Crippen LogP contribution in [0.4, 0.5) is 0 Å². The fourth-order valence-corrected chi connectivity index (χ4v) is 3.00. The molecule has 3 aliphatic rings. The highest BCUT2D eigenvalue weighted by atomic mass is 16.1. The summed E-state index contributed by atoms with van der Waals surface area (Å²) >= 11 is 0. The molecule has 0 bridgehead atoms. The van der Waals surface area contributed by atoms with Gasteiger partial charge in [0.2, 0.25) is 5.91 Å². The van der Waals surface area contributed by atoms with E-state index in [1.165, 1.54) is 38.5 Å². The summed E-state index contributed by atoms with van der Waals surface area (Å²) in [5.41, 5.74) is 0. The van der Waals surface area contributed by atoms with Gasteiger partial charge in [0.15, 0.2) is 0 Å². The lowest BCUT2D eigenvalue weighted by Crippen LogP contribution is -2.41. The zero-order valence-corrected chi connectivity index (χ0v) is 9.87. The van der Waals surface area contributed by atoms with Crippen molar-refractivity contribution in [2.45, 2.75) is 44.6 Å². The number of hydrogen-bond donors (Lipinski definition) is 2. The number of carbonyl (C=O) groups is 1. The summed E-state index contributed by atoms with van der Waals surface area (Å²) in [5.74, 6) is 2.16. The molecule has 16 heavy (non-hydrogen) atoms. The first-order valence-corrected chi connectivity index (χ1v) is 6.85. The average Bonchev–Trinajstić information content (AvgIpc) is 3.20. The summed E-state index contributed by atoms with van der Waals surface area (Å²) in [5, 5.41) is 6.59. The van der Waals surface area contributed by atoms with Crippen molar-refractivity contribution in [3.63, 3.8) is 0 Å². The summed E-state index contributed by atoms with van der Waals surface area (Å²) in [6.07, 6.45) is 7.63. The highest BCUT2D eigenvalue weighted by molar-refractivity contribution is 5.80. The fourth-order valence-electron chi connectivity index (χ4n) is 3.00. The Bertz CT molecular complexity index is 253. The van der Waals surface area contributed by atoms with Crippen molar-refractivity contribution < 1.29 is 4.79 Å². The van der Waals surface area contributed by atoms with E-state index in [1.807, 2.05) is 0 Å². The molecule has 3 heteroatoms. The monoisotopic (exact) mass is 222 g/mol. The Balaban J connectivity index is 1.47. The molecule has 0 aromatic carbocycles. The smallest absolute Gasteiger partial charge is 0.223 e. The number of hydrogen-bond acceptors (Lipinski definition) is 2. The SMILES string of the molecule is O=C(NCC1CCCN1)C(C1CC1)C1CC1. The lowest BCUT2D eigenvalue weighted by Gasteiger charge is -2.17. The third kappa shape index (κ3) is 2.40. The zero-order chi connectivity index (χ0) is 11.0. The van der Waals surface area contributed by atoms with Crippen LogP contribution >= 0.6 is 0 Å². The normalized spacial score (nSPS) is 29.7. The maximum Gasteiger partial charge on any atom is 0.223 e. The van der Waals surface area contributed by atoms with Crippen molar-refractivity contribution in [2.24, 2.45) is 17.8 Å². The van der Waals surface area contributed by atoms with Gasteiger partial charge in [-0.25, -0.2) is 0 Å². The zero-order valence-electron chi connectivity index (χ0n) is 9.87. The fraction of sp³-hybridized carbons (Fsp3) is 0.923. The molecule has 2 saturated carbocycles. The molecule has 1 unspecified atom stereocenters. The second kappa shape index (κ2) is 4.36. The number of nitrogens with one attached hydrogen (secondary N) is 2. The van der Waals surface area contributed by atoms with Gasteiger partial charge in [0, 0.05) is 18.5 Å². The van der Waals surface area contributed by atoms with Crippen molar-refractivity contribution >= 4 is 5.91 Å². The number of carbonyl (C=O) groups excluding carboxylic acids is 1. The van der Waals surface area contributed by atoms with Crippen molar-refractivity contribution in [1.82, 2.24) is 10.6 Å². The molecule has 1 saturated heterocycles. The van der Waals surface area contributed by atoms with Crippen LogP contribution in [0.3, 0.4) is 0 Å². The van der Waals surface area contributed by atoms with Gasteiger partial charge >= 0.3 is 0 Å². The summed E-state index contributed by atoms with van der Waals surface area (Å²) in [7, 11) is 0. The van der Waals surface area contributed by atoms with Gasteiger partial charge in [0.1, 0.15) is 0 Å². The van der Waals surface area contributed by atoms with Crippen LogP contribution in [-0.4, -0.2) is 25.0 Å². The van der Waals surface area contributed by atoms with E-state index >= 15 is 0 Å². The minimum absolute atomic E-state index is 0.346. The predicted molar refractivity (Wildman–Crippen MR) is 63.0 cm³/mol. The Morgan fingerprint density at radius 2 is 1.88 bits per heavy atom. The van der Waals surface area contributed by atoms with Gasteiger partial charge in [-0.15, -0.1) is 0 Å². The molecule has 1 amide bonds. The van der Waals surface area contributed by atoms with Crippen molar-refractivity contribution in [2.75, 3.05) is 13.1 Å². The van der Waals surface area contributed by atoms with Crippen LogP contribution in [0.5, 0.6) is 0 Å². The predicted octanol–water partition coefficient (Wildman–Crippen LogP) is 1.29. The van der Waals surface area contributed by atoms with Crippen LogP contribution in [0, 0.1) is 17.8 Å².